The second-order valence-electron chi connectivity index (χ2n) is 4.16. The molecular formula is C14H16N4O. The molecule has 2 aromatic rings. The summed E-state index contributed by atoms with van der Waals surface area (Å²) < 4.78 is 0. The SMILES string of the molecule is CCc1ccc(Nc2ccc(NC(C)=O)nn2)cc1. The summed E-state index contributed by atoms with van der Waals surface area (Å²) in [6.07, 6.45) is 1.02. The van der Waals surface area contributed by atoms with E-state index in [0.717, 1.165) is 12.1 Å². The van der Waals surface area contributed by atoms with Gasteiger partial charge in [-0.25, -0.2) is 0 Å². The molecule has 0 aliphatic heterocycles. The zero-order valence-electron chi connectivity index (χ0n) is 11.0. The van der Waals surface area contributed by atoms with Gasteiger partial charge in [-0.3, -0.25) is 4.79 Å². The molecule has 0 saturated carbocycles. The summed E-state index contributed by atoms with van der Waals surface area (Å²) in [7, 11) is 0. The Morgan fingerprint density at radius 3 is 2.21 bits per heavy atom. The minimum atomic E-state index is -0.162. The van der Waals surface area contributed by atoms with Crippen LogP contribution >= 0.6 is 0 Å². The molecule has 0 atom stereocenters. The molecule has 98 valence electrons. The molecule has 0 spiro atoms. The van der Waals surface area contributed by atoms with E-state index >= 15 is 0 Å². The monoisotopic (exact) mass is 256 g/mol. The van der Waals surface area contributed by atoms with Crippen LogP contribution in [0, 0.1) is 0 Å². The van der Waals surface area contributed by atoms with Crippen LogP contribution in [0.2, 0.25) is 0 Å². The van der Waals surface area contributed by atoms with Crippen molar-refractivity contribution in [3.63, 3.8) is 0 Å². The fourth-order valence-corrected chi connectivity index (χ4v) is 1.62. The van der Waals surface area contributed by atoms with E-state index in [4.69, 9.17) is 0 Å². The highest BCUT2D eigenvalue weighted by Crippen LogP contribution is 2.15. The summed E-state index contributed by atoms with van der Waals surface area (Å²) in [5.41, 5.74) is 2.25. The van der Waals surface area contributed by atoms with Crippen LogP contribution in [-0.4, -0.2) is 16.1 Å². The molecule has 0 unspecified atom stereocenters. The minimum absolute atomic E-state index is 0.162. The van der Waals surface area contributed by atoms with Crippen LogP contribution in [0.25, 0.3) is 0 Å². The summed E-state index contributed by atoms with van der Waals surface area (Å²) in [6.45, 7) is 3.55. The van der Waals surface area contributed by atoms with Gasteiger partial charge < -0.3 is 10.6 Å². The summed E-state index contributed by atoms with van der Waals surface area (Å²) in [6, 6.07) is 11.6. The highest BCUT2D eigenvalue weighted by atomic mass is 16.1. The Morgan fingerprint density at radius 2 is 1.68 bits per heavy atom. The molecule has 1 aromatic carbocycles. The lowest BCUT2D eigenvalue weighted by Crippen LogP contribution is -2.08. The predicted molar refractivity (Wildman–Crippen MR) is 75.4 cm³/mol. The highest BCUT2D eigenvalue weighted by Gasteiger charge is 2.00. The summed E-state index contributed by atoms with van der Waals surface area (Å²) in [5, 5.41) is 13.6. The maximum absolute atomic E-state index is 10.9. The van der Waals surface area contributed by atoms with Crippen molar-refractivity contribution in [2.45, 2.75) is 20.3 Å². The van der Waals surface area contributed by atoms with Crippen molar-refractivity contribution in [3.8, 4) is 0 Å². The van der Waals surface area contributed by atoms with E-state index in [0.29, 0.717) is 11.6 Å². The largest absolute Gasteiger partial charge is 0.339 e. The summed E-state index contributed by atoms with van der Waals surface area (Å²) in [4.78, 5) is 10.9. The molecule has 0 bridgehead atoms. The number of amides is 1. The predicted octanol–water partition coefficient (Wildman–Crippen LogP) is 2.74. The zero-order chi connectivity index (χ0) is 13.7. The number of nitrogens with zero attached hydrogens (tertiary/aromatic N) is 2. The van der Waals surface area contributed by atoms with Gasteiger partial charge in [0.2, 0.25) is 5.91 Å². The van der Waals surface area contributed by atoms with Gasteiger partial charge in [0, 0.05) is 12.6 Å². The Hall–Kier alpha value is -2.43. The Balaban J connectivity index is 2.04. The van der Waals surface area contributed by atoms with Crippen molar-refractivity contribution in [1.29, 1.82) is 0 Å². The van der Waals surface area contributed by atoms with E-state index in [9.17, 15) is 4.79 Å². The average molecular weight is 256 g/mol. The Kier molecular flexibility index (Phi) is 4.07. The molecule has 1 amide bonds. The lowest BCUT2D eigenvalue weighted by atomic mass is 10.1. The zero-order valence-corrected chi connectivity index (χ0v) is 11.0. The standard InChI is InChI=1S/C14H16N4O/c1-3-11-4-6-12(7-5-11)16-14-9-8-13(17-18-14)15-10(2)19/h4-9H,3H2,1-2H3,(H,16,18)(H,15,17,19). The number of anilines is 3. The van der Waals surface area contributed by atoms with Gasteiger partial charge in [-0.2, -0.15) is 0 Å². The quantitative estimate of drug-likeness (QED) is 0.882. The molecule has 0 aliphatic carbocycles. The van der Waals surface area contributed by atoms with Crippen molar-refractivity contribution >= 4 is 23.2 Å². The second kappa shape index (κ2) is 5.95. The lowest BCUT2D eigenvalue weighted by molar-refractivity contribution is -0.114. The number of rotatable bonds is 4. The second-order valence-corrected chi connectivity index (χ2v) is 4.16. The average Bonchev–Trinajstić information content (AvgIpc) is 2.41. The molecule has 0 radical (unpaired) electrons. The molecule has 0 aliphatic rings. The van der Waals surface area contributed by atoms with Gasteiger partial charge in [0.25, 0.3) is 0 Å². The van der Waals surface area contributed by atoms with E-state index in [2.05, 4.69) is 39.9 Å². The van der Waals surface area contributed by atoms with E-state index in [1.807, 2.05) is 12.1 Å². The van der Waals surface area contributed by atoms with E-state index in [1.165, 1.54) is 12.5 Å². The number of benzene rings is 1. The van der Waals surface area contributed by atoms with Gasteiger partial charge in [-0.15, -0.1) is 10.2 Å². The third kappa shape index (κ3) is 3.77. The van der Waals surface area contributed by atoms with Crippen LogP contribution in [0.5, 0.6) is 0 Å². The van der Waals surface area contributed by atoms with Gasteiger partial charge in [0.05, 0.1) is 0 Å². The molecule has 0 saturated heterocycles. The van der Waals surface area contributed by atoms with E-state index in [1.54, 1.807) is 12.1 Å². The number of carbonyl (C=O) groups is 1. The van der Waals surface area contributed by atoms with Gasteiger partial charge in [-0.1, -0.05) is 19.1 Å². The molecule has 1 heterocycles. The van der Waals surface area contributed by atoms with Crippen LogP contribution in [-0.2, 0) is 11.2 Å². The van der Waals surface area contributed by atoms with Gasteiger partial charge in [0.1, 0.15) is 0 Å². The van der Waals surface area contributed by atoms with Crippen molar-refractivity contribution in [2.75, 3.05) is 10.6 Å². The van der Waals surface area contributed by atoms with E-state index < -0.39 is 0 Å². The molecule has 2 N–H and O–H groups in total. The Morgan fingerprint density at radius 1 is 1.05 bits per heavy atom. The first kappa shape index (κ1) is 13.0. The maximum atomic E-state index is 10.9. The highest BCUT2D eigenvalue weighted by molar-refractivity contribution is 5.87. The van der Waals surface area contributed by atoms with Crippen molar-refractivity contribution < 1.29 is 4.79 Å². The third-order valence-corrected chi connectivity index (χ3v) is 2.60. The van der Waals surface area contributed by atoms with Crippen molar-refractivity contribution in [3.05, 3.63) is 42.0 Å². The fraction of sp³-hybridized carbons (Fsp3) is 0.214. The molecule has 19 heavy (non-hydrogen) atoms. The van der Waals surface area contributed by atoms with Gasteiger partial charge in [-0.05, 0) is 36.2 Å². The number of aryl methyl sites for hydroxylation is 1. The molecule has 1 aromatic heterocycles. The van der Waals surface area contributed by atoms with Crippen LogP contribution in [0.4, 0.5) is 17.3 Å². The van der Waals surface area contributed by atoms with Crippen LogP contribution in [0.15, 0.2) is 36.4 Å². The van der Waals surface area contributed by atoms with Crippen LogP contribution < -0.4 is 10.6 Å². The number of hydrogen-bond donors (Lipinski definition) is 2. The Bertz CT molecular complexity index is 549. The lowest BCUT2D eigenvalue weighted by Gasteiger charge is -2.06. The normalized spacial score (nSPS) is 10.0. The van der Waals surface area contributed by atoms with Gasteiger partial charge >= 0.3 is 0 Å². The van der Waals surface area contributed by atoms with Gasteiger partial charge in [0.15, 0.2) is 11.6 Å². The summed E-state index contributed by atoms with van der Waals surface area (Å²) >= 11 is 0. The maximum Gasteiger partial charge on any atom is 0.222 e. The molecule has 0 fully saturated rings. The smallest absolute Gasteiger partial charge is 0.222 e. The number of carbonyl (C=O) groups excluding carboxylic acids is 1. The third-order valence-electron chi connectivity index (χ3n) is 2.60. The first-order chi connectivity index (χ1) is 9.17. The first-order valence-corrected chi connectivity index (χ1v) is 6.14. The van der Waals surface area contributed by atoms with Crippen LogP contribution in [0.3, 0.4) is 0 Å². The van der Waals surface area contributed by atoms with Crippen molar-refractivity contribution in [2.24, 2.45) is 0 Å². The van der Waals surface area contributed by atoms with Crippen LogP contribution in [0.1, 0.15) is 19.4 Å². The van der Waals surface area contributed by atoms with E-state index in [-0.39, 0.29) is 5.91 Å². The topological polar surface area (TPSA) is 66.9 Å². The number of aromatic nitrogens is 2. The molecule has 5 nitrogen and oxygen atoms in total. The molecule has 5 heteroatoms. The molecular weight excluding hydrogens is 240 g/mol. The minimum Gasteiger partial charge on any atom is -0.339 e. The molecule has 2 rings (SSSR count). The van der Waals surface area contributed by atoms with Crippen molar-refractivity contribution in [1.82, 2.24) is 10.2 Å². The number of nitrogens with one attached hydrogen (secondary N) is 2. The summed E-state index contributed by atoms with van der Waals surface area (Å²) in [5.74, 6) is 0.919. The number of hydrogen-bond acceptors (Lipinski definition) is 4. The first-order valence-electron chi connectivity index (χ1n) is 6.14. The fourth-order valence-electron chi connectivity index (χ4n) is 1.62. The Labute approximate surface area is 112 Å².